The Bertz CT molecular complexity index is 1000. The largest absolute Gasteiger partial charge is 0.508 e. The van der Waals surface area contributed by atoms with Crippen molar-refractivity contribution in [2.75, 3.05) is 25.1 Å². The van der Waals surface area contributed by atoms with Crippen molar-refractivity contribution in [3.63, 3.8) is 0 Å². The molecule has 4 rings (SSSR count). The van der Waals surface area contributed by atoms with E-state index in [2.05, 4.69) is 35.3 Å². The van der Waals surface area contributed by atoms with E-state index in [9.17, 15) is 5.11 Å². The molecule has 0 fully saturated rings. The fourth-order valence-electron chi connectivity index (χ4n) is 2.94. The van der Waals surface area contributed by atoms with Gasteiger partial charge in [-0.3, -0.25) is 0 Å². The van der Waals surface area contributed by atoms with Crippen molar-refractivity contribution in [2.24, 2.45) is 0 Å². The highest BCUT2D eigenvalue weighted by Gasteiger charge is 2.12. The lowest BCUT2D eigenvalue weighted by Gasteiger charge is -2.12. The number of hydrogen-bond acceptors (Lipinski definition) is 6. The molecule has 2 heterocycles. The number of aromatic nitrogens is 1. The molecule has 27 heavy (non-hydrogen) atoms. The first-order valence-corrected chi connectivity index (χ1v) is 10.4. The Morgan fingerprint density at radius 3 is 2.26 bits per heavy atom. The molecule has 2 aromatic heterocycles. The minimum atomic E-state index is 0.134. The number of likely N-dealkylation sites (N-methyl/N-ethyl adjacent to an activating group) is 1. The van der Waals surface area contributed by atoms with Gasteiger partial charge in [0.05, 0.1) is 11.3 Å². The van der Waals surface area contributed by atoms with E-state index in [1.54, 1.807) is 34.8 Å². The zero-order chi connectivity index (χ0) is 18.8. The third kappa shape index (κ3) is 3.98. The third-order valence-electron chi connectivity index (χ3n) is 4.42. The molecule has 2 N–H and O–H groups in total. The number of thiazole rings is 1. The van der Waals surface area contributed by atoms with Gasteiger partial charge in [0.2, 0.25) is 0 Å². The Morgan fingerprint density at radius 1 is 0.963 bits per heavy atom. The summed E-state index contributed by atoms with van der Waals surface area (Å²) in [6.07, 6.45) is 0.894. The summed E-state index contributed by atoms with van der Waals surface area (Å²) in [5.74, 6) is 0.285. The summed E-state index contributed by atoms with van der Waals surface area (Å²) in [7, 11) is 1.95. The minimum Gasteiger partial charge on any atom is -0.508 e. The van der Waals surface area contributed by atoms with Gasteiger partial charge in [-0.1, -0.05) is 47.7 Å². The first kappa shape index (κ1) is 18.0. The van der Waals surface area contributed by atoms with Crippen molar-refractivity contribution < 1.29 is 10.2 Å². The van der Waals surface area contributed by atoms with E-state index < -0.39 is 0 Å². The van der Waals surface area contributed by atoms with E-state index in [-0.39, 0.29) is 12.4 Å². The topological polar surface area (TPSA) is 56.6 Å². The summed E-state index contributed by atoms with van der Waals surface area (Å²) in [5, 5.41) is 19.4. The number of rotatable bonds is 6. The van der Waals surface area contributed by atoms with E-state index in [0.717, 1.165) is 27.5 Å². The maximum atomic E-state index is 9.41. The number of phenolic OH excluding ortho intramolecular Hbond substituents is 1. The van der Waals surface area contributed by atoms with E-state index in [0.29, 0.717) is 6.54 Å². The number of phenols is 1. The van der Waals surface area contributed by atoms with Crippen LogP contribution in [0.3, 0.4) is 0 Å². The van der Waals surface area contributed by atoms with Crippen LogP contribution in [-0.2, 0) is 6.42 Å². The molecule has 0 bridgehead atoms. The van der Waals surface area contributed by atoms with Crippen LogP contribution in [0.2, 0.25) is 0 Å². The van der Waals surface area contributed by atoms with Gasteiger partial charge in [0.1, 0.15) is 10.6 Å². The number of fused-ring (bicyclic) bond motifs is 1. The third-order valence-corrected chi connectivity index (χ3v) is 6.70. The van der Waals surface area contributed by atoms with E-state index in [1.807, 2.05) is 24.1 Å². The molecule has 0 atom stereocenters. The summed E-state index contributed by atoms with van der Waals surface area (Å²) in [6, 6.07) is 18.1. The summed E-state index contributed by atoms with van der Waals surface area (Å²) in [6.45, 7) is 0.732. The number of aliphatic hydroxyl groups is 1. The Labute approximate surface area is 166 Å². The number of aromatic hydroxyl groups is 1. The molecular formula is C21H20N2O2S2. The molecule has 4 aromatic rings. The molecule has 0 aliphatic rings. The van der Waals surface area contributed by atoms with Crippen molar-refractivity contribution in [1.29, 1.82) is 0 Å². The van der Waals surface area contributed by atoms with Crippen LogP contribution in [0.5, 0.6) is 5.75 Å². The SMILES string of the molecule is CN(CCO)c1nc2sc(Cc3ccc(-c4ccc(O)cc4)cc3)cc2s1. The smallest absolute Gasteiger partial charge is 0.187 e. The minimum absolute atomic E-state index is 0.134. The first-order valence-electron chi connectivity index (χ1n) is 8.72. The maximum absolute atomic E-state index is 9.41. The first-order chi connectivity index (χ1) is 13.1. The number of anilines is 1. The second-order valence-corrected chi connectivity index (χ2v) is 8.57. The summed E-state index contributed by atoms with van der Waals surface area (Å²) >= 11 is 3.40. The highest BCUT2D eigenvalue weighted by molar-refractivity contribution is 7.29. The molecule has 0 aliphatic carbocycles. The van der Waals surface area contributed by atoms with Crippen LogP contribution in [0.25, 0.3) is 20.7 Å². The monoisotopic (exact) mass is 396 g/mol. The van der Waals surface area contributed by atoms with Gasteiger partial charge < -0.3 is 15.1 Å². The van der Waals surface area contributed by atoms with Gasteiger partial charge >= 0.3 is 0 Å². The summed E-state index contributed by atoms with van der Waals surface area (Å²) in [4.78, 5) is 9.04. The van der Waals surface area contributed by atoms with Crippen molar-refractivity contribution in [3.05, 3.63) is 65.0 Å². The van der Waals surface area contributed by atoms with Crippen molar-refractivity contribution in [1.82, 2.24) is 4.98 Å². The van der Waals surface area contributed by atoms with Gasteiger partial charge in [-0.25, -0.2) is 4.98 Å². The average Bonchev–Trinajstić information content (AvgIpc) is 3.22. The normalized spacial score (nSPS) is 11.2. The molecule has 0 radical (unpaired) electrons. The Morgan fingerprint density at radius 2 is 1.63 bits per heavy atom. The summed E-state index contributed by atoms with van der Waals surface area (Å²) < 4.78 is 1.20. The quantitative estimate of drug-likeness (QED) is 0.494. The lowest BCUT2D eigenvalue weighted by molar-refractivity contribution is 0.304. The van der Waals surface area contributed by atoms with Gasteiger partial charge in [-0.2, -0.15) is 0 Å². The van der Waals surface area contributed by atoms with Crippen LogP contribution < -0.4 is 4.90 Å². The summed E-state index contributed by atoms with van der Waals surface area (Å²) in [5.41, 5.74) is 3.51. The molecule has 4 nitrogen and oxygen atoms in total. The fourth-order valence-corrected chi connectivity index (χ4v) is 5.19. The highest BCUT2D eigenvalue weighted by atomic mass is 32.1. The maximum Gasteiger partial charge on any atom is 0.187 e. The highest BCUT2D eigenvalue weighted by Crippen LogP contribution is 2.35. The predicted molar refractivity (Wildman–Crippen MR) is 114 cm³/mol. The lowest BCUT2D eigenvalue weighted by atomic mass is 10.0. The number of thiophene rings is 1. The molecule has 6 heteroatoms. The van der Waals surface area contributed by atoms with Gasteiger partial charge in [0, 0.05) is 24.9 Å². The van der Waals surface area contributed by atoms with Crippen LogP contribution in [0, 0.1) is 0 Å². The molecule has 0 amide bonds. The fraction of sp³-hybridized carbons (Fsp3) is 0.190. The molecular weight excluding hydrogens is 376 g/mol. The van der Waals surface area contributed by atoms with Crippen LogP contribution >= 0.6 is 22.7 Å². The molecule has 0 unspecified atom stereocenters. The zero-order valence-corrected chi connectivity index (χ0v) is 16.6. The van der Waals surface area contributed by atoms with Gasteiger partial charge in [-0.15, -0.1) is 11.3 Å². The molecule has 0 spiro atoms. The van der Waals surface area contributed by atoms with Gasteiger partial charge in [0.15, 0.2) is 5.13 Å². The number of nitrogens with zero attached hydrogens (tertiary/aromatic N) is 2. The second-order valence-electron chi connectivity index (χ2n) is 6.44. The number of hydrogen-bond donors (Lipinski definition) is 2. The molecule has 0 saturated carbocycles. The standard InChI is InChI=1S/C21H20N2O2S2/c1-23(10-11-24)21-22-20-19(27-21)13-18(26-20)12-14-2-4-15(5-3-14)16-6-8-17(25)9-7-16/h2-9,13,24-25H,10-12H2,1H3. The van der Waals surface area contributed by atoms with E-state index in [4.69, 9.17) is 5.11 Å². The second kappa shape index (κ2) is 7.68. The average molecular weight is 397 g/mol. The van der Waals surface area contributed by atoms with Gasteiger partial charge in [0.25, 0.3) is 0 Å². The van der Waals surface area contributed by atoms with Crippen LogP contribution in [0.1, 0.15) is 10.4 Å². The molecule has 0 aliphatic heterocycles. The Balaban J connectivity index is 1.48. The Kier molecular flexibility index (Phi) is 5.11. The van der Waals surface area contributed by atoms with E-state index in [1.165, 1.54) is 15.1 Å². The van der Waals surface area contributed by atoms with Crippen molar-refractivity contribution in [3.8, 4) is 16.9 Å². The van der Waals surface area contributed by atoms with Crippen LogP contribution in [-0.4, -0.2) is 35.4 Å². The predicted octanol–water partition coefficient (Wildman–Crippen LogP) is 4.75. The van der Waals surface area contributed by atoms with Crippen molar-refractivity contribution >= 4 is 37.3 Å². The van der Waals surface area contributed by atoms with Crippen molar-refractivity contribution in [2.45, 2.75) is 6.42 Å². The lowest BCUT2D eigenvalue weighted by Crippen LogP contribution is -2.20. The van der Waals surface area contributed by atoms with Gasteiger partial charge in [-0.05, 0) is 34.9 Å². The molecule has 2 aromatic carbocycles. The Hall–Kier alpha value is -2.41. The molecule has 138 valence electrons. The van der Waals surface area contributed by atoms with E-state index >= 15 is 0 Å². The number of aliphatic hydroxyl groups excluding tert-OH is 1. The van der Waals surface area contributed by atoms with Crippen LogP contribution in [0.4, 0.5) is 5.13 Å². The zero-order valence-electron chi connectivity index (χ0n) is 14.9. The molecule has 0 saturated heterocycles. The number of benzene rings is 2. The van der Waals surface area contributed by atoms with Crippen LogP contribution in [0.15, 0.2) is 54.6 Å².